The first-order chi connectivity index (χ1) is 14.4. The van der Waals surface area contributed by atoms with E-state index in [2.05, 4.69) is 10.0 Å². The van der Waals surface area contributed by atoms with Crippen molar-refractivity contribution < 1.29 is 17.9 Å². The van der Waals surface area contributed by atoms with Crippen LogP contribution in [0.2, 0.25) is 0 Å². The van der Waals surface area contributed by atoms with E-state index in [9.17, 15) is 13.2 Å². The first-order valence-electron chi connectivity index (χ1n) is 9.12. The largest absolute Gasteiger partial charge is 0.484 e. The first-order valence-corrected chi connectivity index (χ1v) is 11.8. The van der Waals surface area contributed by atoms with Gasteiger partial charge in [0, 0.05) is 16.3 Å². The van der Waals surface area contributed by atoms with E-state index < -0.39 is 10.0 Å². The molecule has 6 nitrogen and oxygen atoms in total. The molecule has 0 aliphatic carbocycles. The Balaban J connectivity index is 1.58. The molecule has 0 aliphatic heterocycles. The van der Waals surface area contributed by atoms with Gasteiger partial charge in [0.05, 0.1) is 4.90 Å². The average molecular weight is 443 g/mol. The smallest absolute Gasteiger partial charge is 0.262 e. The van der Waals surface area contributed by atoms with E-state index >= 15 is 0 Å². The maximum absolute atomic E-state index is 12.5. The normalized spacial score (nSPS) is 11.0. The molecule has 0 saturated carbocycles. The highest BCUT2D eigenvalue weighted by Gasteiger charge is 2.14. The SMILES string of the molecule is CSc1cccc(NC(=O)COc2ccc(S(=O)(=O)Nc3cccc(C)c3)cc2)c1. The summed E-state index contributed by atoms with van der Waals surface area (Å²) in [7, 11) is -3.71. The van der Waals surface area contributed by atoms with E-state index in [1.54, 1.807) is 36.0 Å². The molecule has 0 spiro atoms. The summed E-state index contributed by atoms with van der Waals surface area (Å²) < 4.78 is 33.1. The summed E-state index contributed by atoms with van der Waals surface area (Å²) in [4.78, 5) is 13.2. The number of nitrogens with one attached hydrogen (secondary N) is 2. The van der Waals surface area contributed by atoms with Crippen molar-refractivity contribution in [3.63, 3.8) is 0 Å². The molecule has 0 fully saturated rings. The third-order valence-electron chi connectivity index (χ3n) is 4.13. The Morgan fingerprint density at radius 3 is 2.37 bits per heavy atom. The maximum atomic E-state index is 12.5. The minimum atomic E-state index is -3.71. The van der Waals surface area contributed by atoms with Crippen LogP contribution in [0.3, 0.4) is 0 Å². The molecular formula is C22H22N2O4S2. The molecule has 3 aromatic carbocycles. The van der Waals surface area contributed by atoms with Crippen LogP contribution in [0, 0.1) is 6.92 Å². The van der Waals surface area contributed by atoms with Crippen molar-refractivity contribution in [2.45, 2.75) is 16.7 Å². The van der Waals surface area contributed by atoms with Gasteiger partial charge >= 0.3 is 0 Å². The molecule has 30 heavy (non-hydrogen) atoms. The van der Waals surface area contributed by atoms with Gasteiger partial charge in [-0.3, -0.25) is 9.52 Å². The highest BCUT2D eigenvalue weighted by atomic mass is 32.2. The summed E-state index contributed by atoms with van der Waals surface area (Å²) in [6.45, 7) is 1.71. The molecule has 0 aromatic heterocycles. The lowest BCUT2D eigenvalue weighted by molar-refractivity contribution is -0.118. The summed E-state index contributed by atoms with van der Waals surface area (Å²) in [5, 5.41) is 2.77. The number of rotatable bonds is 8. The minimum Gasteiger partial charge on any atom is -0.484 e. The zero-order valence-corrected chi connectivity index (χ0v) is 18.2. The van der Waals surface area contributed by atoms with Gasteiger partial charge < -0.3 is 10.1 Å². The van der Waals surface area contributed by atoms with Crippen LogP contribution in [0.1, 0.15) is 5.56 Å². The van der Waals surface area contributed by atoms with Gasteiger partial charge in [-0.2, -0.15) is 0 Å². The fraction of sp³-hybridized carbons (Fsp3) is 0.136. The van der Waals surface area contributed by atoms with Crippen LogP contribution >= 0.6 is 11.8 Å². The molecular weight excluding hydrogens is 420 g/mol. The van der Waals surface area contributed by atoms with E-state index in [1.807, 2.05) is 37.4 Å². The number of ether oxygens (including phenoxy) is 1. The Morgan fingerprint density at radius 2 is 1.67 bits per heavy atom. The van der Waals surface area contributed by atoms with E-state index in [1.165, 1.54) is 24.3 Å². The molecule has 0 saturated heterocycles. The van der Waals surface area contributed by atoms with E-state index in [0.717, 1.165) is 10.5 Å². The van der Waals surface area contributed by atoms with Crippen molar-refractivity contribution in [3.8, 4) is 5.75 Å². The third-order valence-corrected chi connectivity index (χ3v) is 6.25. The van der Waals surface area contributed by atoms with Crippen molar-refractivity contribution in [1.82, 2.24) is 0 Å². The predicted molar refractivity (Wildman–Crippen MR) is 121 cm³/mol. The molecule has 0 aliphatic rings. The lowest BCUT2D eigenvalue weighted by Gasteiger charge is -2.10. The number of hydrogen-bond donors (Lipinski definition) is 2. The second-order valence-electron chi connectivity index (χ2n) is 6.52. The highest BCUT2D eigenvalue weighted by Crippen LogP contribution is 2.21. The van der Waals surface area contributed by atoms with Crippen LogP contribution in [0.5, 0.6) is 5.75 Å². The molecule has 3 aromatic rings. The van der Waals surface area contributed by atoms with Crippen molar-refractivity contribution in [2.24, 2.45) is 0 Å². The molecule has 2 N–H and O–H groups in total. The summed E-state index contributed by atoms with van der Waals surface area (Å²) in [5.74, 6) is 0.101. The van der Waals surface area contributed by atoms with Gasteiger partial charge in [-0.05, 0) is 73.3 Å². The molecule has 0 bridgehead atoms. The van der Waals surface area contributed by atoms with E-state index in [4.69, 9.17) is 4.74 Å². The molecule has 156 valence electrons. The zero-order chi connectivity index (χ0) is 21.6. The van der Waals surface area contributed by atoms with Gasteiger partial charge in [-0.25, -0.2) is 8.42 Å². The number of thioether (sulfide) groups is 1. The maximum Gasteiger partial charge on any atom is 0.262 e. The molecule has 0 atom stereocenters. The van der Waals surface area contributed by atoms with Crippen molar-refractivity contribution in [3.05, 3.63) is 78.4 Å². The monoisotopic (exact) mass is 442 g/mol. The number of carbonyl (C=O) groups excluding carboxylic acids is 1. The second kappa shape index (κ2) is 9.69. The number of benzene rings is 3. The Kier molecular flexibility index (Phi) is 7.02. The Morgan fingerprint density at radius 1 is 0.967 bits per heavy atom. The van der Waals surface area contributed by atoms with Gasteiger partial charge in [-0.1, -0.05) is 18.2 Å². The van der Waals surface area contributed by atoms with Gasteiger partial charge in [-0.15, -0.1) is 11.8 Å². The fourth-order valence-corrected chi connectivity index (χ4v) is 4.19. The standard InChI is InChI=1S/C22H22N2O4S2/c1-16-5-3-7-18(13-16)24-30(26,27)21-11-9-19(10-12-21)28-15-22(25)23-17-6-4-8-20(14-17)29-2/h3-14,24H,15H2,1-2H3,(H,23,25). The van der Waals surface area contributed by atoms with Crippen LogP contribution in [0.15, 0.2) is 82.6 Å². The fourth-order valence-electron chi connectivity index (χ4n) is 2.68. The van der Waals surface area contributed by atoms with E-state index in [-0.39, 0.29) is 17.4 Å². The molecule has 0 radical (unpaired) electrons. The number of sulfonamides is 1. The first kappa shape index (κ1) is 21.7. The van der Waals surface area contributed by atoms with Crippen molar-refractivity contribution >= 4 is 39.1 Å². The highest BCUT2D eigenvalue weighted by molar-refractivity contribution is 7.98. The summed E-state index contributed by atoms with van der Waals surface area (Å²) in [6.07, 6.45) is 1.96. The molecule has 0 unspecified atom stereocenters. The van der Waals surface area contributed by atoms with Gasteiger partial charge in [0.1, 0.15) is 5.75 Å². The second-order valence-corrected chi connectivity index (χ2v) is 9.08. The van der Waals surface area contributed by atoms with Crippen LogP contribution in [-0.2, 0) is 14.8 Å². The molecule has 1 amide bonds. The lowest BCUT2D eigenvalue weighted by atomic mass is 10.2. The number of amides is 1. The van der Waals surface area contributed by atoms with Crippen LogP contribution < -0.4 is 14.8 Å². The van der Waals surface area contributed by atoms with Crippen molar-refractivity contribution in [1.29, 1.82) is 0 Å². The van der Waals surface area contributed by atoms with Crippen LogP contribution in [0.25, 0.3) is 0 Å². The Hall–Kier alpha value is -2.97. The summed E-state index contributed by atoms with van der Waals surface area (Å²) >= 11 is 1.59. The van der Waals surface area contributed by atoms with Crippen LogP contribution in [-0.4, -0.2) is 27.2 Å². The summed E-state index contributed by atoms with van der Waals surface area (Å²) in [6, 6.07) is 20.5. The number of hydrogen-bond acceptors (Lipinski definition) is 5. The molecule has 0 heterocycles. The number of aryl methyl sites for hydroxylation is 1. The topological polar surface area (TPSA) is 84.5 Å². The summed E-state index contributed by atoms with van der Waals surface area (Å²) in [5.41, 5.74) is 2.15. The number of anilines is 2. The van der Waals surface area contributed by atoms with Crippen LogP contribution in [0.4, 0.5) is 11.4 Å². The van der Waals surface area contributed by atoms with Crippen molar-refractivity contribution in [2.75, 3.05) is 22.9 Å². The van der Waals surface area contributed by atoms with Gasteiger partial charge in [0.2, 0.25) is 0 Å². The predicted octanol–water partition coefficient (Wildman–Crippen LogP) is 4.54. The molecule has 8 heteroatoms. The Bertz CT molecular complexity index is 1130. The molecule has 3 rings (SSSR count). The quantitative estimate of drug-likeness (QED) is 0.501. The number of carbonyl (C=O) groups is 1. The van der Waals surface area contributed by atoms with E-state index in [0.29, 0.717) is 17.1 Å². The Labute approximate surface area is 180 Å². The zero-order valence-electron chi connectivity index (χ0n) is 16.6. The third kappa shape index (κ3) is 6.01. The average Bonchev–Trinajstić information content (AvgIpc) is 2.72. The minimum absolute atomic E-state index is 0.106. The van der Waals surface area contributed by atoms with Gasteiger partial charge in [0.15, 0.2) is 6.61 Å². The van der Waals surface area contributed by atoms with Gasteiger partial charge in [0.25, 0.3) is 15.9 Å². The lowest BCUT2D eigenvalue weighted by Crippen LogP contribution is -2.20.